The van der Waals surface area contributed by atoms with Crippen molar-refractivity contribution in [1.29, 1.82) is 0 Å². The first-order valence-electron chi connectivity index (χ1n) is 10.1. The summed E-state index contributed by atoms with van der Waals surface area (Å²) in [6, 6.07) is 6.70. The number of carbonyl (C=O) groups is 1. The molecule has 176 valence electrons. The van der Waals surface area contributed by atoms with E-state index in [1.54, 1.807) is 0 Å². The molecule has 0 saturated carbocycles. The summed E-state index contributed by atoms with van der Waals surface area (Å²) in [6.45, 7) is 6.62. The Morgan fingerprint density at radius 3 is 2.12 bits per heavy atom. The number of halogens is 6. The van der Waals surface area contributed by atoms with Gasteiger partial charge in [-0.25, -0.2) is 0 Å². The lowest BCUT2D eigenvalue weighted by molar-refractivity contribution is -0.138. The third kappa shape index (κ3) is 7.44. The van der Waals surface area contributed by atoms with Crippen LogP contribution >= 0.6 is 0 Å². The SMILES string of the molecule is CCCN(CC)CCNc1cc(C(=O)Nc2cccc(C(F)(F)F)c2)cc(C(F)(F)F)c1. The Bertz CT molecular complexity index is 911. The van der Waals surface area contributed by atoms with Gasteiger partial charge in [-0.05, 0) is 55.9 Å². The maximum Gasteiger partial charge on any atom is 0.416 e. The van der Waals surface area contributed by atoms with Crippen molar-refractivity contribution in [2.45, 2.75) is 32.6 Å². The van der Waals surface area contributed by atoms with E-state index in [1.807, 2.05) is 13.8 Å². The molecule has 4 nitrogen and oxygen atoms in total. The van der Waals surface area contributed by atoms with Crippen molar-refractivity contribution in [3.63, 3.8) is 0 Å². The van der Waals surface area contributed by atoms with E-state index < -0.39 is 29.4 Å². The molecule has 10 heteroatoms. The minimum Gasteiger partial charge on any atom is -0.384 e. The number of anilines is 2. The molecule has 2 aromatic rings. The van der Waals surface area contributed by atoms with Crippen molar-refractivity contribution in [3.05, 3.63) is 59.2 Å². The molecule has 0 spiro atoms. The second-order valence-electron chi connectivity index (χ2n) is 7.19. The topological polar surface area (TPSA) is 44.4 Å². The van der Waals surface area contributed by atoms with E-state index in [9.17, 15) is 31.1 Å². The van der Waals surface area contributed by atoms with E-state index in [4.69, 9.17) is 0 Å². The highest BCUT2D eigenvalue weighted by Gasteiger charge is 2.32. The van der Waals surface area contributed by atoms with Crippen molar-refractivity contribution in [2.75, 3.05) is 36.8 Å². The van der Waals surface area contributed by atoms with Crippen molar-refractivity contribution in [3.8, 4) is 0 Å². The Kier molecular flexibility index (Phi) is 8.54. The van der Waals surface area contributed by atoms with Crippen LogP contribution in [0.4, 0.5) is 37.7 Å². The number of rotatable bonds is 9. The van der Waals surface area contributed by atoms with Gasteiger partial charge in [0.1, 0.15) is 0 Å². The third-order valence-electron chi connectivity index (χ3n) is 4.71. The quantitative estimate of drug-likeness (QED) is 0.442. The van der Waals surface area contributed by atoms with Crippen LogP contribution in [0.15, 0.2) is 42.5 Å². The Morgan fingerprint density at radius 1 is 0.875 bits per heavy atom. The third-order valence-corrected chi connectivity index (χ3v) is 4.71. The van der Waals surface area contributed by atoms with Crippen LogP contribution in [0, 0.1) is 0 Å². The number of hydrogen-bond acceptors (Lipinski definition) is 3. The van der Waals surface area contributed by atoms with Gasteiger partial charge in [-0.2, -0.15) is 26.3 Å². The molecular formula is C22H25F6N3O. The highest BCUT2D eigenvalue weighted by atomic mass is 19.4. The zero-order chi connectivity index (χ0) is 23.9. The molecule has 0 aliphatic heterocycles. The molecule has 0 unspecified atom stereocenters. The van der Waals surface area contributed by atoms with Crippen LogP contribution < -0.4 is 10.6 Å². The maximum atomic E-state index is 13.3. The van der Waals surface area contributed by atoms with E-state index in [2.05, 4.69) is 15.5 Å². The van der Waals surface area contributed by atoms with Crippen LogP contribution in [0.2, 0.25) is 0 Å². The van der Waals surface area contributed by atoms with Gasteiger partial charge >= 0.3 is 12.4 Å². The molecule has 0 aromatic heterocycles. The average Bonchev–Trinajstić information content (AvgIpc) is 2.72. The van der Waals surface area contributed by atoms with Crippen molar-refractivity contribution < 1.29 is 31.1 Å². The molecule has 0 atom stereocenters. The first kappa shape index (κ1) is 25.5. The second kappa shape index (κ2) is 10.7. The predicted octanol–water partition coefficient (Wildman–Crippen LogP) is 6.12. The van der Waals surface area contributed by atoms with E-state index in [0.717, 1.165) is 43.8 Å². The first-order valence-corrected chi connectivity index (χ1v) is 10.1. The molecule has 1 amide bonds. The number of hydrogen-bond donors (Lipinski definition) is 2. The van der Waals surface area contributed by atoms with Gasteiger partial charge in [0, 0.05) is 30.0 Å². The van der Waals surface area contributed by atoms with E-state index in [-0.39, 0.29) is 16.9 Å². The van der Waals surface area contributed by atoms with E-state index in [0.29, 0.717) is 19.2 Å². The number of nitrogens with zero attached hydrogens (tertiary/aromatic N) is 1. The summed E-state index contributed by atoms with van der Waals surface area (Å²) >= 11 is 0. The monoisotopic (exact) mass is 461 g/mol. The van der Waals surface area contributed by atoms with Gasteiger partial charge in [0.15, 0.2) is 0 Å². The largest absolute Gasteiger partial charge is 0.416 e. The van der Waals surface area contributed by atoms with Gasteiger partial charge < -0.3 is 15.5 Å². The summed E-state index contributed by atoms with van der Waals surface area (Å²) < 4.78 is 78.6. The lowest BCUT2D eigenvalue weighted by atomic mass is 10.1. The van der Waals surface area contributed by atoms with Gasteiger partial charge in [0.05, 0.1) is 11.1 Å². The summed E-state index contributed by atoms with van der Waals surface area (Å²) in [4.78, 5) is 14.7. The number of nitrogens with one attached hydrogen (secondary N) is 2. The number of amides is 1. The number of benzene rings is 2. The van der Waals surface area contributed by atoms with Crippen LogP contribution in [0.1, 0.15) is 41.8 Å². The van der Waals surface area contributed by atoms with E-state index in [1.165, 1.54) is 12.1 Å². The van der Waals surface area contributed by atoms with Gasteiger partial charge in [-0.1, -0.05) is 19.9 Å². The maximum absolute atomic E-state index is 13.3. The zero-order valence-corrected chi connectivity index (χ0v) is 17.7. The molecule has 0 aliphatic carbocycles. The molecule has 2 rings (SSSR count). The standard InChI is InChI=1S/C22H25F6N3O/c1-3-9-31(4-2)10-8-29-19-12-15(11-17(14-19)22(26,27)28)20(32)30-18-7-5-6-16(13-18)21(23,24)25/h5-7,11-14,29H,3-4,8-10H2,1-2H3,(H,30,32). The van der Waals surface area contributed by atoms with Crippen LogP contribution in [-0.2, 0) is 12.4 Å². The fraction of sp³-hybridized carbons (Fsp3) is 0.409. The molecule has 32 heavy (non-hydrogen) atoms. The van der Waals surface area contributed by atoms with Crippen LogP contribution in [0.3, 0.4) is 0 Å². The summed E-state index contributed by atoms with van der Waals surface area (Å²) in [6.07, 6.45) is -8.37. The Morgan fingerprint density at radius 2 is 1.53 bits per heavy atom. The lowest BCUT2D eigenvalue weighted by Gasteiger charge is -2.20. The van der Waals surface area contributed by atoms with Crippen molar-refractivity contribution >= 4 is 17.3 Å². The summed E-state index contributed by atoms with van der Waals surface area (Å²) in [5.74, 6) is -0.945. The smallest absolute Gasteiger partial charge is 0.384 e. The molecular weight excluding hydrogens is 436 g/mol. The Hall–Kier alpha value is -2.75. The van der Waals surface area contributed by atoms with Gasteiger partial charge in [-0.3, -0.25) is 4.79 Å². The van der Waals surface area contributed by atoms with Gasteiger partial charge in [0.2, 0.25) is 0 Å². The minimum atomic E-state index is -4.69. The molecule has 2 N–H and O–H groups in total. The molecule has 0 aliphatic rings. The van der Waals surface area contributed by atoms with E-state index >= 15 is 0 Å². The number of carbonyl (C=O) groups excluding carboxylic acids is 1. The molecule has 2 aromatic carbocycles. The van der Waals surface area contributed by atoms with Gasteiger partial charge in [-0.15, -0.1) is 0 Å². The fourth-order valence-corrected chi connectivity index (χ4v) is 3.10. The van der Waals surface area contributed by atoms with Crippen LogP contribution in [0.5, 0.6) is 0 Å². The molecule has 0 bridgehead atoms. The normalized spacial score (nSPS) is 12.2. The first-order chi connectivity index (χ1) is 14.9. The van der Waals surface area contributed by atoms with Crippen LogP contribution in [-0.4, -0.2) is 37.0 Å². The summed E-state index contributed by atoms with van der Waals surface area (Å²) in [7, 11) is 0. The highest BCUT2D eigenvalue weighted by Crippen LogP contribution is 2.33. The van der Waals surface area contributed by atoms with Crippen molar-refractivity contribution in [1.82, 2.24) is 4.90 Å². The highest BCUT2D eigenvalue weighted by molar-refractivity contribution is 6.05. The predicted molar refractivity (Wildman–Crippen MR) is 112 cm³/mol. The Labute approximate surface area is 182 Å². The number of likely N-dealkylation sites (N-methyl/N-ethyl adjacent to an activating group) is 1. The number of alkyl halides is 6. The van der Waals surface area contributed by atoms with Gasteiger partial charge in [0.25, 0.3) is 5.91 Å². The summed E-state index contributed by atoms with van der Waals surface area (Å²) in [5.41, 5.74) is -2.40. The minimum absolute atomic E-state index is 0.0987. The molecule has 0 saturated heterocycles. The lowest BCUT2D eigenvalue weighted by Crippen LogP contribution is -2.29. The van der Waals surface area contributed by atoms with Crippen LogP contribution in [0.25, 0.3) is 0 Å². The fourth-order valence-electron chi connectivity index (χ4n) is 3.10. The Balaban J connectivity index is 2.22. The molecule has 0 radical (unpaired) electrons. The summed E-state index contributed by atoms with van der Waals surface area (Å²) in [5, 5.41) is 5.13. The molecule has 0 heterocycles. The zero-order valence-electron chi connectivity index (χ0n) is 17.7. The van der Waals surface area contributed by atoms with Crippen molar-refractivity contribution in [2.24, 2.45) is 0 Å². The second-order valence-corrected chi connectivity index (χ2v) is 7.19. The molecule has 0 fully saturated rings. The average molecular weight is 461 g/mol.